The zero-order valence-electron chi connectivity index (χ0n) is 14.4. The van der Waals surface area contributed by atoms with Crippen LogP contribution in [0.3, 0.4) is 0 Å². The SMILES string of the molecule is N#Cc1cc2ccc(NCCn3ccnc3)nc2n2c1nc1ccccc12. The van der Waals surface area contributed by atoms with Crippen LogP contribution in [0.15, 0.2) is 61.2 Å². The molecule has 0 aliphatic carbocycles. The van der Waals surface area contributed by atoms with Gasteiger partial charge in [0.15, 0.2) is 5.65 Å². The molecule has 1 N–H and O–H groups in total. The molecule has 1 aromatic carbocycles. The quantitative estimate of drug-likeness (QED) is 0.536. The number of para-hydroxylation sites is 2. The molecule has 4 aromatic heterocycles. The van der Waals surface area contributed by atoms with Gasteiger partial charge < -0.3 is 9.88 Å². The molecule has 7 heteroatoms. The normalized spacial score (nSPS) is 11.2. The molecule has 0 aliphatic rings. The Labute approximate surface area is 154 Å². The Morgan fingerprint density at radius 1 is 1.07 bits per heavy atom. The van der Waals surface area contributed by atoms with Crippen LogP contribution in [0.5, 0.6) is 0 Å². The Hall–Kier alpha value is -3.92. The van der Waals surface area contributed by atoms with Crippen molar-refractivity contribution in [1.29, 1.82) is 5.26 Å². The van der Waals surface area contributed by atoms with Gasteiger partial charge in [-0.3, -0.25) is 4.40 Å². The third-order valence-electron chi connectivity index (χ3n) is 4.57. The summed E-state index contributed by atoms with van der Waals surface area (Å²) in [6.45, 7) is 1.54. The molecule has 130 valence electrons. The maximum Gasteiger partial charge on any atom is 0.157 e. The summed E-state index contributed by atoms with van der Waals surface area (Å²) in [7, 11) is 0. The van der Waals surface area contributed by atoms with Gasteiger partial charge in [-0.15, -0.1) is 0 Å². The summed E-state index contributed by atoms with van der Waals surface area (Å²) in [5.74, 6) is 0.784. The molecule has 27 heavy (non-hydrogen) atoms. The summed E-state index contributed by atoms with van der Waals surface area (Å²) in [5, 5.41) is 13.8. The predicted octanol–water partition coefficient (Wildman–Crippen LogP) is 3.22. The second-order valence-corrected chi connectivity index (χ2v) is 6.27. The van der Waals surface area contributed by atoms with Crippen LogP contribution in [0.4, 0.5) is 5.82 Å². The van der Waals surface area contributed by atoms with Crippen LogP contribution in [0, 0.1) is 11.3 Å². The summed E-state index contributed by atoms with van der Waals surface area (Å²) >= 11 is 0. The van der Waals surface area contributed by atoms with Gasteiger partial charge in [-0.2, -0.15) is 5.26 Å². The molecule has 7 nitrogen and oxygen atoms in total. The molecule has 5 aromatic rings. The molecule has 0 radical (unpaired) electrons. The van der Waals surface area contributed by atoms with E-state index in [2.05, 4.69) is 21.4 Å². The smallest absolute Gasteiger partial charge is 0.157 e. The average molecular weight is 353 g/mol. The number of pyridine rings is 2. The number of nitriles is 1. The van der Waals surface area contributed by atoms with E-state index in [1.807, 2.05) is 57.6 Å². The van der Waals surface area contributed by atoms with E-state index in [1.165, 1.54) is 0 Å². The summed E-state index contributed by atoms with van der Waals surface area (Å²) in [5.41, 5.74) is 3.75. The molecule has 0 unspecified atom stereocenters. The van der Waals surface area contributed by atoms with Crippen LogP contribution in [0.2, 0.25) is 0 Å². The highest BCUT2D eigenvalue weighted by Gasteiger charge is 2.13. The van der Waals surface area contributed by atoms with Crippen molar-refractivity contribution in [2.45, 2.75) is 6.54 Å². The van der Waals surface area contributed by atoms with Crippen molar-refractivity contribution in [1.82, 2.24) is 23.9 Å². The fourth-order valence-electron chi connectivity index (χ4n) is 3.30. The molecule has 0 saturated heterocycles. The van der Waals surface area contributed by atoms with Gasteiger partial charge in [-0.25, -0.2) is 15.0 Å². The first-order chi connectivity index (χ1) is 13.3. The average Bonchev–Trinajstić information content (AvgIpc) is 3.35. The lowest BCUT2D eigenvalue weighted by atomic mass is 10.2. The van der Waals surface area contributed by atoms with Gasteiger partial charge in [-0.1, -0.05) is 12.1 Å². The number of nitrogens with zero attached hydrogens (tertiary/aromatic N) is 6. The second kappa shape index (κ2) is 6.11. The van der Waals surface area contributed by atoms with E-state index in [0.29, 0.717) is 11.2 Å². The first-order valence-electron chi connectivity index (χ1n) is 8.64. The fourth-order valence-corrected chi connectivity index (χ4v) is 3.30. The van der Waals surface area contributed by atoms with E-state index >= 15 is 0 Å². The standard InChI is InChI=1S/C20H15N7/c21-12-15-11-14-5-6-18(23-8-10-26-9-7-22-13-26)25-19(14)27-17-4-2-1-3-16(17)24-20(15)27/h1-7,9,11,13H,8,10H2,(H,23,25). The molecule has 0 saturated carbocycles. The lowest BCUT2D eigenvalue weighted by Crippen LogP contribution is -2.10. The van der Waals surface area contributed by atoms with E-state index in [9.17, 15) is 5.26 Å². The molecule has 0 bridgehead atoms. The Morgan fingerprint density at radius 3 is 2.85 bits per heavy atom. The third kappa shape index (κ3) is 2.55. The van der Waals surface area contributed by atoms with Crippen LogP contribution >= 0.6 is 0 Å². The van der Waals surface area contributed by atoms with Crippen LogP contribution in [0.1, 0.15) is 5.56 Å². The van der Waals surface area contributed by atoms with Crippen molar-refractivity contribution in [3.05, 3.63) is 66.7 Å². The molecular weight excluding hydrogens is 338 g/mol. The molecule has 4 heterocycles. The molecule has 0 fully saturated rings. The number of aromatic nitrogens is 5. The van der Waals surface area contributed by atoms with Gasteiger partial charge in [-0.05, 0) is 30.3 Å². The minimum atomic E-state index is 0.543. The number of benzene rings is 1. The zero-order chi connectivity index (χ0) is 18.2. The highest BCUT2D eigenvalue weighted by atomic mass is 15.1. The largest absolute Gasteiger partial charge is 0.368 e. The Morgan fingerprint density at radius 2 is 2.00 bits per heavy atom. The lowest BCUT2D eigenvalue weighted by molar-refractivity contribution is 0.725. The minimum Gasteiger partial charge on any atom is -0.368 e. The van der Waals surface area contributed by atoms with Gasteiger partial charge >= 0.3 is 0 Å². The Bertz CT molecular complexity index is 1310. The predicted molar refractivity (Wildman–Crippen MR) is 103 cm³/mol. The third-order valence-corrected chi connectivity index (χ3v) is 4.57. The van der Waals surface area contributed by atoms with Gasteiger partial charge in [0.1, 0.15) is 17.5 Å². The van der Waals surface area contributed by atoms with Crippen molar-refractivity contribution in [2.24, 2.45) is 0 Å². The van der Waals surface area contributed by atoms with Crippen LogP contribution in [0.25, 0.3) is 27.7 Å². The molecule has 5 rings (SSSR count). The molecule has 0 atom stereocenters. The van der Waals surface area contributed by atoms with Gasteiger partial charge in [0, 0.05) is 30.9 Å². The highest BCUT2D eigenvalue weighted by Crippen LogP contribution is 2.25. The molecule has 0 spiro atoms. The summed E-state index contributed by atoms with van der Waals surface area (Å²) in [6.07, 6.45) is 5.49. The lowest BCUT2D eigenvalue weighted by Gasteiger charge is -2.09. The summed E-state index contributed by atoms with van der Waals surface area (Å²) < 4.78 is 3.97. The van der Waals surface area contributed by atoms with E-state index in [4.69, 9.17) is 4.98 Å². The molecule has 0 amide bonds. The van der Waals surface area contributed by atoms with Crippen molar-refractivity contribution in [3.63, 3.8) is 0 Å². The van der Waals surface area contributed by atoms with E-state index in [-0.39, 0.29) is 0 Å². The molecule has 0 aliphatic heterocycles. The second-order valence-electron chi connectivity index (χ2n) is 6.27. The highest BCUT2D eigenvalue weighted by molar-refractivity contribution is 5.91. The van der Waals surface area contributed by atoms with Crippen molar-refractivity contribution in [3.8, 4) is 6.07 Å². The maximum atomic E-state index is 9.54. The summed E-state index contributed by atoms with van der Waals surface area (Å²) in [4.78, 5) is 13.5. The van der Waals surface area contributed by atoms with Gasteiger partial charge in [0.05, 0.1) is 22.9 Å². The first kappa shape index (κ1) is 15.3. The van der Waals surface area contributed by atoms with Crippen molar-refractivity contribution < 1.29 is 0 Å². The first-order valence-corrected chi connectivity index (χ1v) is 8.64. The Kier molecular flexibility index (Phi) is 3.47. The van der Waals surface area contributed by atoms with E-state index in [1.54, 1.807) is 12.5 Å². The van der Waals surface area contributed by atoms with Crippen LogP contribution in [-0.2, 0) is 6.54 Å². The van der Waals surface area contributed by atoms with Gasteiger partial charge in [0.2, 0.25) is 0 Å². The topological polar surface area (TPSA) is 83.8 Å². The fraction of sp³-hybridized carbons (Fsp3) is 0.100. The number of nitrogens with one attached hydrogen (secondary N) is 1. The minimum absolute atomic E-state index is 0.543. The molecular formula is C20H15N7. The van der Waals surface area contributed by atoms with E-state index in [0.717, 1.165) is 41.0 Å². The number of hydrogen-bond acceptors (Lipinski definition) is 5. The van der Waals surface area contributed by atoms with Gasteiger partial charge in [0.25, 0.3) is 0 Å². The zero-order valence-corrected chi connectivity index (χ0v) is 14.4. The van der Waals surface area contributed by atoms with Crippen LogP contribution < -0.4 is 5.32 Å². The number of anilines is 1. The monoisotopic (exact) mass is 353 g/mol. The number of rotatable bonds is 4. The Balaban J connectivity index is 1.62. The number of imidazole rings is 2. The summed E-state index contributed by atoms with van der Waals surface area (Å²) in [6, 6.07) is 15.9. The van der Waals surface area contributed by atoms with E-state index < -0.39 is 0 Å². The maximum absolute atomic E-state index is 9.54. The van der Waals surface area contributed by atoms with Crippen molar-refractivity contribution >= 4 is 33.5 Å². The number of hydrogen-bond donors (Lipinski definition) is 1. The van der Waals surface area contributed by atoms with Crippen molar-refractivity contribution in [2.75, 3.05) is 11.9 Å². The van der Waals surface area contributed by atoms with Crippen LogP contribution in [-0.4, -0.2) is 30.5 Å². The number of fused-ring (bicyclic) bond motifs is 5.